The van der Waals surface area contributed by atoms with Crippen LogP contribution in [0.3, 0.4) is 0 Å². The molecule has 9 heavy (non-hydrogen) atoms. The van der Waals surface area contributed by atoms with Crippen LogP contribution < -0.4 is 5.32 Å². The van der Waals surface area contributed by atoms with Crippen LogP contribution in [0.5, 0.6) is 0 Å². The Labute approximate surface area is 60.5 Å². The van der Waals surface area contributed by atoms with E-state index in [1.165, 1.54) is 0 Å². The van der Waals surface area contributed by atoms with E-state index in [9.17, 15) is 0 Å². The fourth-order valence-electron chi connectivity index (χ4n) is 0.411. The van der Waals surface area contributed by atoms with Gasteiger partial charge in [-0.05, 0) is 0 Å². The standard InChI is InChI=1S/C6H12ClNO/c7-3-1-2-4-8-5-6-9/h1-2,8-9H,3-6H2/b2-1+. The first-order valence-electron chi connectivity index (χ1n) is 2.94. The molecule has 0 rings (SSSR count). The van der Waals surface area contributed by atoms with E-state index >= 15 is 0 Å². The van der Waals surface area contributed by atoms with Crippen molar-refractivity contribution in [2.75, 3.05) is 25.6 Å². The molecule has 0 bridgehead atoms. The van der Waals surface area contributed by atoms with Crippen LogP contribution >= 0.6 is 11.6 Å². The van der Waals surface area contributed by atoms with Crippen LogP contribution in [-0.4, -0.2) is 30.7 Å². The van der Waals surface area contributed by atoms with Gasteiger partial charge in [-0.2, -0.15) is 0 Å². The third kappa shape index (κ3) is 7.95. The zero-order chi connectivity index (χ0) is 6.95. The lowest BCUT2D eigenvalue weighted by Crippen LogP contribution is -2.17. The molecule has 0 fully saturated rings. The summed E-state index contributed by atoms with van der Waals surface area (Å²) in [5, 5.41) is 11.3. The van der Waals surface area contributed by atoms with Crippen LogP contribution in [-0.2, 0) is 0 Å². The predicted molar refractivity (Wildman–Crippen MR) is 39.8 cm³/mol. The molecular formula is C6H12ClNO. The highest BCUT2D eigenvalue weighted by atomic mass is 35.5. The minimum atomic E-state index is 0.189. The molecular weight excluding hydrogens is 138 g/mol. The molecule has 0 atom stereocenters. The van der Waals surface area contributed by atoms with Crippen LogP contribution in [0, 0.1) is 0 Å². The van der Waals surface area contributed by atoms with Crippen LogP contribution in [0.4, 0.5) is 0 Å². The zero-order valence-electron chi connectivity index (χ0n) is 5.31. The summed E-state index contributed by atoms with van der Waals surface area (Å²) in [6.45, 7) is 1.62. The van der Waals surface area contributed by atoms with Gasteiger partial charge in [-0.25, -0.2) is 0 Å². The fourth-order valence-corrected chi connectivity index (χ4v) is 0.537. The van der Waals surface area contributed by atoms with E-state index in [4.69, 9.17) is 16.7 Å². The van der Waals surface area contributed by atoms with Crippen molar-refractivity contribution in [1.82, 2.24) is 5.32 Å². The van der Waals surface area contributed by atoms with Gasteiger partial charge in [0.15, 0.2) is 0 Å². The molecule has 0 saturated heterocycles. The Hall–Kier alpha value is -0.0500. The fraction of sp³-hybridized carbons (Fsp3) is 0.667. The monoisotopic (exact) mass is 149 g/mol. The molecule has 54 valence electrons. The van der Waals surface area contributed by atoms with E-state index in [2.05, 4.69) is 5.32 Å². The largest absolute Gasteiger partial charge is 0.395 e. The quantitative estimate of drug-likeness (QED) is 0.336. The molecule has 0 unspecified atom stereocenters. The van der Waals surface area contributed by atoms with Crippen molar-refractivity contribution in [3.05, 3.63) is 12.2 Å². The molecule has 0 aromatic rings. The number of rotatable bonds is 5. The van der Waals surface area contributed by atoms with Gasteiger partial charge in [0, 0.05) is 19.0 Å². The predicted octanol–water partition coefficient (Wildman–Crippen LogP) is 0.363. The SMILES string of the molecule is OCCNC/C=C/CCl. The minimum Gasteiger partial charge on any atom is -0.395 e. The molecule has 0 heterocycles. The van der Waals surface area contributed by atoms with Crippen LogP contribution in [0.15, 0.2) is 12.2 Å². The van der Waals surface area contributed by atoms with Gasteiger partial charge in [0.25, 0.3) is 0 Å². The van der Waals surface area contributed by atoms with Crippen LogP contribution in [0.2, 0.25) is 0 Å². The van der Waals surface area contributed by atoms with Gasteiger partial charge in [-0.15, -0.1) is 11.6 Å². The van der Waals surface area contributed by atoms with E-state index in [0.29, 0.717) is 12.4 Å². The Morgan fingerprint density at radius 3 is 2.78 bits per heavy atom. The van der Waals surface area contributed by atoms with Crippen molar-refractivity contribution >= 4 is 11.6 Å². The number of hydrogen-bond acceptors (Lipinski definition) is 2. The summed E-state index contributed by atoms with van der Waals surface area (Å²) >= 11 is 5.35. The molecule has 0 aliphatic heterocycles. The smallest absolute Gasteiger partial charge is 0.0556 e. The summed E-state index contributed by atoms with van der Waals surface area (Å²) in [4.78, 5) is 0. The Balaban J connectivity index is 2.82. The summed E-state index contributed by atoms with van der Waals surface area (Å²) in [6, 6.07) is 0. The molecule has 0 aromatic heterocycles. The van der Waals surface area contributed by atoms with Gasteiger partial charge in [0.05, 0.1) is 6.61 Å². The highest BCUT2D eigenvalue weighted by molar-refractivity contribution is 6.18. The Morgan fingerprint density at radius 2 is 2.22 bits per heavy atom. The second-order valence-corrected chi connectivity index (χ2v) is 1.86. The van der Waals surface area contributed by atoms with E-state index in [-0.39, 0.29) is 6.61 Å². The normalized spacial score (nSPS) is 10.9. The average molecular weight is 150 g/mol. The molecule has 0 amide bonds. The number of aliphatic hydroxyl groups excluding tert-OH is 1. The van der Waals surface area contributed by atoms with E-state index < -0.39 is 0 Å². The highest BCUT2D eigenvalue weighted by Crippen LogP contribution is 1.75. The Bertz CT molecular complexity index is 75.5. The number of alkyl halides is 1. The van der Waals surface area contributed by atoms with Crippen LogP contribution in [0.25, 0.3) is 0 Å². The molecule has 0 radical (unpaired) electrons. The molecule has 0 aliphatic carbocycles. The van der Waals surface area contributed by atoms with E-state index in [1.54, 1.807) is 0 Å². The molecule has 0 aromatic carbocycles. The first-order valence-corrected chi connectivity index (χ1v) is 3.47. The number of aliphatic hydroxyl groups is 1. The Morgan fingerprint density at radius 1 is 1.44 bits per heavy atom. The van der Waals surface area contributed by atoms with Crippen molar-refractivity contribution in [1.29, 1.82) is 0 Å². The lowest BCUT2D eigenvalue weighted by Gasteiger charge is -1.94. The number of halogens is 1. The first-order chi connectivity index (χ1) is 4.41. The van der Waals surface area contributed by atoms with Crippen LogP contribution in [0.1, 0.15) is 0 Å². The molecule has 3 heteroatoms. The summed E-state index contributed by atoms with van der Waals surface area (Å²) in [5.41, 5.74) is 0. The van der Waals surface area contributed by atoms with E-state index in [1.807, 2.05) is 12.2 Å². The lowest BCUT2D eigenvalue weighted by atomic mass is 10.5. The maximum Gasteiger partial charge on any atom is 0.0556 e. The average Bonchev–Trinajstić information content (AvgIpc) is 1.89. The summed E-state index contributed by atoms with van der Waals surface area (Å²) < 4.78 is 0. The third-order valence-electron chi connectivity index (χ3n) is 0.807. The second kappa shape index (κ2) is 7.95. The van der Waals surface area contributed by atoms with Crippen molar-refractivity contribution in [3.63, 3.8) is 0 Å². The maximum atomic E-state index is 8.31. The topological polar surface area (TPSA) is 32.3 Å². The van der Waals surface area contributed by atoms with E-state index in [0.717, 1.165) is 6.54 Å². The van der Waals surface area contributed by atoms with Gasteiger partial charge < -0.3 is 10.4 Å². The summed E-state index contributed by atoms with van der Waals surface area (Å²) in [7, 11) is 0. The first kappa shape index (κ1) is 8.95. The number of nitrogens with one attached hydrogen (secondary N) is 1. The van der Waals surface area contributed by atoms with Gasteiger partial charge in [-0.1, -0.05) is 12.2 Å². The molecule has 0 spiro atoms. The lowest BCUT2D eigenvalue weighted by molar-refractivity contribution is 0.294. The number of hydrogen-bond donors (Lipinski definition) is 2. The van der Waals surface area contributed by atoms with Crippen molar-refractivity contribution in [3.8, 4) is 0 Å². The van der Waals surface area contributed by atoms with Crippen molar-refractivity contribution in [2.24, 2.45) is 0 Å². The minimum absolute atomic E-state index is 0.189. The maximum absolute atomic E-state index is 8.31. The molecule has 2 N–H and O–H groups in total. The van der Waals surface area contributed by atoms with Gasteiger partial charge in [-0.3, -0.25) is 0 Å². The van der Waals surface area contributed by atoms with Crippen molar-refractivity contribution < 1.29 is 5.11 Å². The highest BCUT2D eigenvalue weighted by Gasteiger charge is 1.77. The Kier molecular flexibility index (Phi) is 7.91. The molecule has 0 aliphatic rings. The van der Waals surface area contributed by atoms with Gasteiger partial charge in [0.1, 0.15) is 0 Å². The second-order valence-electron chi connectivity index (χ2n) is 1.55. The van der Waals surface area contributed by atoms with Crippen molar-refractivity contribution in [2.45, 2.75) is 0 Å². The number of allylic oxidation sites excluding steroid dienone is 1. The zero-order valence-corrected chi connectivity index (χ0v) is 6.06. The molecule has 2 nitrogen and oxygen atoms in total. The third-order valence-corrected chi connectivity index (χ3v) is 0.985. The van der Waals surface area contributed by atoms with Gasteiger partial charge >= 0.3 is 0 Å². The summed E-state index contributed by atoms with van der Waals surface area (Å²) in [5.74, 6) is 0.556. The summed E-state index contributed by atoms with van der Waals surface area (Å²) in [6.07, 6.45) is 3.80. The van der Waals surface area contributed by atoms with Gasteiger partial charge in [0.2, 0.25) is 0 Å². The molecule has 0 saturated carbocycles.